The first-order valence-electron chi connectivity index (χ1n) is 6.14. The molecule has 0 aliphatic heterocycles. The second-order valence-corrected chi connectivity index (χ2v) is 6.42. The zero-order valence-corrected chi connectivity index (χ0v) is 13.3. The number of rotatable bonds is 4. The summed E-state index contributed by atoms with van der Waals surface area (Å²) in [5.74, 6) is -0.0212. The molecule has 0 radical (unpaired) electrons. The Hall–Kier alpha value is -1.13. The molecule has 1 amide bonds. The zero-order chi connectivity index (χ0) is 13.8. The van der Waals surface area contributed by atoms with Gasteiger partial charge >= 0.3 is 0 Å². The van der Waals surface area contributed by atoms with Crippen LogP contribution in [0, 0.1) is 6.92 Å². The molecule has 100 valence electrons. The van der Waals surface area contributed by atoms with Crippen LogP contribution in [-0.2, 0) is 6.42 Å². The van der Waals surface area contributed by atoms with Crippen LogP contribution in [0.1, 0.15) is 28.4 Å². The van der Waals surface area contributed by atoms with Crippen LogP contribution in [0.2, 0.25) is 0 Å². The minimum atomic E-state index is -0.0212. The molecule has 0 spiro atoms. The number of hydrogen-bond acceptors (Lipinski definition) is 2. The second kappa shape index (κ2) is 6.35. The van der Waals surface area contributed by atoms with E-state index in [0.717, 1.165) is 16.5 Å². The molecule has 2 rings (SSSR count). The molecule has 1 N–H and O–H groups in total. The highest BCUT2D eigenvalue weighted by molar-refractivity contribution is 9.10. The highest BCUT2D eigenvalue weighted by atomic mass is 79.9. The van der Waals surface area contributed by atoms with Crippen molar-refractivity contribution in [3.05, 3.63) is 56.2 Å². The largest absolute Gasteiger partial charge is 0.349 e. The van der Waals surface area contributed by atoms with E-state index >= 15 is 0 Å². The lowest BCUT2D eigenvalue weighted by atomic mass is 10.1. The number of hydrogen-bond donors (Lipinski definition) is 1. The average Bonchev–Trinajstić information content (AvgIpc) is 2.80. The van der Waals surface area contributed by atoms with Crippen molar-refractivity contribution in [3.63, 3.8) is 0 Å². The van der Waals surface area contributed by atoms with Gasteiger partial charge in [-0.3, -0.25) is 4.79 Å². The summed E-state index contributed by atoms with van der Waals surface area (Å²) in [7, 11) is 0. The van der Waals surface area contributed by atoms with Crippen LogP contribution in [0.4, 0.5) is 0 Å². The number of carbonyl (C=O) groups excluding carboxylic acids is 1. The van der Waals surface area contributed by atoms with Crippen molar-refractivity contribution >= 4 is 33.2 Å². The molecule has 0 bridgehead atoms. The zero-order valence-electron chi connectivity index (χ0n) is 10.9. The first-order chi connectivity index (χ1) is 9.04. The fourth-order valence-corrected chi connectivity index (χ4v) is 3.28. The number of aryl methyl sites for hydroxylation is 1. The van der Waals surface area contributed by atoms with Crippen LogP contribution in [0.15, 0.2) is 39.5 Å². The van der Waals surface area contributed by atoms with E-state index in [2.05, 4.69) is 38.1 Å². The summed E-state index contributed by atoms with van der Waals surface area (Å²) >= 11 is 5.10. The van der Waals surface area contributed by atoms with Crippen molar-refractivity contribution in [3.8, 4) is 0 Å². The van der Waals surface area contributed by atoms with Crippen LogP contribution in [0.5, 0.6) is 0 Å². The Morgan fingerprint density at radius 1 is 1.42 bits per heavy atom. The van der Waals surface area contributed by atoms with Crippen LogP contribution in [0.3, 0.4) is 0 Å². The average molecular weight is 338 g/mol. The van der Waals surface area contributed by atoms with E-state index in [1.807, 2.05) is 32.0 Å². The Morgan fingerprint density at radius 3 is 2.84 bits per heavy atom. The van der Waals surface area contributed by atoms with Crippen molar-refractivity contribution < 1.29 is 4.79 Å². The third-order valence-corrected chi connectivity index (χ3v) is 3.99. The summed E-state index contributed by atoms with van der Waals surface area (Å²) < 4.78 is 0.933. The van der Waals surface area contributed by atoms with Gasteiger partial charge in [-0.05, 0) is 66.4 Å². The van der Waals surface area contributed by atoms with Crippen molar-refractivity contribution in [1.29, 1.82) is 0 Å². The fourth-order valence-electron chi connectivity index (χ4n) is 1.99. The van der Waals surface area contributed by atoms with Gasteiger partial charge in [0.15, 0.2) is 0 Å². The molecule has 2 nitrogen and oxygen atoms in total. The molecule has 0 fully saturated rings. The van der Waals surface area contributed by atoms with E-state index in [4.69, 9.17) is 0 Å². The Balaban J connectivity index is 2.00. The smallest absolute Gasteiger partial charge is 0.251 e. The van der Waals surface area contributed by atoms with Crippen LogP contribution < -0.4 is 5.32 Å². The van der Waals surface area contributed by atoms with Crippen LogP contribution in [0.25, 0.3) is 0 Å². The Morgan fingerprint density at radius 2 is 2.21 bits per heavy atom. The molecule has 1 heterocycles. The Labute approximate surface area is 126 Å². The van der Waals surface area contributed by atoms with Crippen molar-refractivity contribution in [2.75, 3.05) is 0 Å². The van der Waals surface area contributed by atoms with Gasteiger partial charge in [-0.2, -0.15) is 11.3 Å². The molecule has 0 aliphatic carbocycles. The maximum absolute atomic E-state index is 12.2. The Bertz CT molecular complexity index is 545. The van der Waals surface area contributed by atoms with Gasteiger partial charge < -0.3 is 5.32 Å². The molecular weight excluding hydrogens is 322 g/mol. The summed E-state index contributed by atoms with van der Waals surface area (Å²) in [5.41, 5.74) is 3.04. The molecule has 0 saturated heterocycles. The standard InChI is InChI=1S/C15H16BrNOS/c1-10-5-13(8-14(16)6-10)15(18)17-11(2)7-12-3-4-19-9-12/h3-6,8-9,11H,7H2,1-2H3,(H,17,18). The number of carbonyl (C=O) groups is 1. The van der Waals surface area contributed by atoms with Gasteiger partial charge in [0.25, 0.3) is 5.91 Å². The highest BCUT2D eigenvalue weighted by Crippen LogP contribution is 2.15. The highest BCUT2D eigenvalue weighted by Gasteiger charge is 2.11. The summed E-state index contributed by atoms with van der Waals surface area (Å²) in [6.07, 6.45) is 0.863. The topological polar surface area (TPSA) is 29.1 Å². The number of benzene rings is 1. The van der Waals surface area contributed by atoms with Crippen molar-refractivity contribution in [1.82, 2.24) is 5.32 Å². The summed E-state index contributed by atoms with van der Waals surface area (Å²) in [5, 5.41) is 7.21. The van der Waals surface area contributed by atoms with Gasteiger partial charge in [-0.25, -0.2) is 0 Å². The molecule has 4 heteroatoms. The monoisotopic (exact) mass is 337 g/mol. The molecular formula is C15H16BrNOS. The number of amides is 1. The van der Waals surface area contributed by atoms with Crippen LogP contribution in [-0.4, -0.2) is 11.9 Å². The lowest BCUT2D eigenvalue weighted by molar-refractivity contribution is 0.0940. The maximum Gasteiger partial charge on any atom is 0.251 e. The van der Waals surface area contributed by atoms with Crippen molar-refractivity contribution in [2.24, 2.45) is 0 Å². The lowest BCUT2D eigenvalue weighted by Crippen LogP contribution is -2.34. The number of nitrogens with one attached hydrogen (secondary N) is 1. The van der Waals surface area contributed by atoms with Crippen LogP contribution >= 0.6 is 27.3 Å². The Kier molecular flexibility index (Phi) is 4.77. The molecule has 19 heavy (non-hydrogen) atoms. The minimum Gasteiger partial charge on any atom is -0.349 e. The molecule has 1 atom stereocenters. The molecule has 0 aliphatic rings. The normalized spacial score (nSPS) is 12.2. The van der Waals surface area contributed by atoms with E-state index < -0.39 is 0 Å². The van der Waals surface area contributed by atoms with E-state index in [9.17, 15) is 4.79 Å². The van der Waals surface area contributed by atoms with E-state index in [0.29, 0.717) is 5.56 Å². The summed E-state index contributed by atoms with van der Waals surface area (Å²) in [4.78, 5) is 12.2. The quantitative estimate of drug-likeness (QED) is 0.890. The third-order valence-electron chi connectivity index (χ3n) is 2.80. The van der Waals surface area contributed by atoms with Gasteiger partial charge in [0.05, 0.1) is 0 Å². The van der Waals surface area contributed by atoms with Gasteiger partial charge in [0.1, 0.15) is 0 Å². The molecule has 1 unspecified atom stereocenters. The molecule has 1 aromatic carbocycles. The summed E-state index contributed by atoms with van der Waals surface area (Å²) in [6.45, 7) is 4.01. The fraction of sp³-hybridized carbons (Fsp3) is 0.267. The minimum absolute atomic E-state index is 0.0212. The molecule has 2 aromatic rings. The SMILES string of the molecule is Cc1cc(Br)cc(C(=O)NC(C)Cc2ccsc2)c1. The van der Waals surface area contributed by atoms with Crippen molar-refractivity contribution in [2.45, 2.75) is 26.3 Å². The van der Waals surface area contributed by atoms with E-state index in [1.54, 1.807) is 11.3 Å². The third kappa shape index (κ3) is 4.18. The first kappa shape index (κ1) is 14.3. The second-order valence-electron chi connectivity index (χ2n) is 4.73. The number of thiophene rings is 1. The maximum atomic E-state index is 12.2. The summed E-state index contributed by atoms with van der Waals surface area (Å²) in [6, 6.07) is 7.96. The van der Waals surface area contributed by atoms with E-state index in [-0.39, 0.29) is 11.9 Å². The number of halogens is 1. The molecule has 1 aromatic heterocycles. The van der Waals surface area contributed by atoms with Gasteiger partial charge in [0, 0.05) is 16.1 Å². The van der Waals surface area contributed by atoms with Gasteiger partial charge in [-0.15, -0.1) is 0 Å². The predicted molar refractivity (Wildman–Crippen MR) is 83.8 cm³/mol. The van der Waals surface area contributed by atoms with Gasteiger partial charge in [0.2, 0.25) is 0 Å². The van der Waals surface area contributed by atoms with Gasteiger partial charge in [-0.1, -0.05) is 15.9 Å². The molecule has 0 saturated carbocycles. The lowest BCUT2D eigenvalue weighted by Gasteiger charge is -2.13. The first-order valence-corrected chi connectivity index (χ1v) is 7.87. The van der Waals surface area contributed by atoms with E-state index in [1.165, 1.54) is 5.56 Å². The predicted octanol–water partition coefficient (Wildman–Crippen LogP) is 4.18.